The van der Waals surface area contributed by atoms with Crippen molar-refractivity contribution in [2.24, 2.45) is 0 Å². The lowest BCUT2D eigenvalue weighted by molar-refractivity contribution is -0.0981. The van der Waals surface area contributed by atoms with Crippen molar-refractivity contribution in [2.75, 3.05) is 26.9 Å². The highest BCUT2D eigenvalue weighted by molar-refractivity contribution is 5.49. The molecular formula is C24H31FO5. The number of benzene rings is 2. The van der Waals surface area contributed by atoms with E-state index in [1.54, 1.807) is 7.11 Å². The van der Waals surface area contributed by atoms with Crippen LogP contribution in [0.1, 0.15) is 49.5 Å². The second-order valence-electron chi connectivity index (χ2n) is 7.39. The van der Waals surface area contributed by atoms with E-state index >= 15 is 0 Å². The first-order valence-corrected chi connectivity index (χ1v) is 10.5. The Balaban J connectivity index is 1.93. The monoisotopic (exact) mass is 418 g/mol. The molecule has 164 valence electrons. The highest BCUT2D eigenvalue weighted by atomic mass is 19.1. The van der Waals surface area contributed by atoms with Gasteiger partial charge >= 0.3 is 0 Å². The maximum absolute atomic E-state index is 14.3. The summed E-state index contributed by atoms with van der Waals surface area (Å²) in [5.74, 6) is 2.17. The molecule has 5 nitrogen and oxygen atoms in total. The minimum atomic E-state index is -1.02. The third-order valence-electron chi connectivity index (χ3n) is 5.24. The molecule has 0 amide bonds. The van der Waals surface area contributed by atoms with Crippen LogP contribution in [0.4, 0.5) is 4.39 Å². The molecule has 1 fully saturated rings. The summed E-state index contributed by atoms with van der Waals surface area (Å²) in [6.45, 7) is 4.76. The average molecular weight is 419 g/mol. The van der Waals surface area contributed by atoms with E-state index in [1.807, 2.05) is 50.2 Å². The van der Waals surface area contributed by atoms with Crippen molar-refractivity contribution in [1.29, 1.82) is 0 Å². The lowest BCUT2D eigenvalue weighted by atomic mass is 9.93. The van der Waals surface area contributed by atoms with Gasteiger partial charge in [0.1, 0.15) is 23.4 Å². The average Bonchev–Trinajstić information content (AvgIpc) is 2.75. The van der Waals surface area contributed by atoms with Gasteiger partial charge in [-0.25, -0.2) is 4.39 Å². The predicted octanol–water partition coefficient (Wildman–Crippen LogP) is 4.63. The fourth-order valence-electron chi connectivity index (χ4n) is 3.85. The van der Waals surface area contributed by atoms with E-state index in [0.717, 1.165) is 22.4 Å². The van der Waals surface area contributed by atoms with Crippen molar-refractivity contribution in [1.82, 2.24) is 0 Å². The number of aliphatic hydroxyl groups is 1. The van der Waals surface area contributed by atoms with Gasteiger partial charge in [-0.15, -0.1) is 0 Å². The third kappa shape index (κ3) is 5.43. The third-order valence-corrected chi connectivity index (χ3v) is 5.24. The van der Waals surface area contributed by atoms with Gasteiger partial charge in [-0.1, -0.05) is 12.1 Å². The molecule has 0 saturated carbocycles. The molecular weight excluding hydrogens is 387 g/mol. The summed E-state index contributed by atoms with van der Waals surface area (Å²) < 4.78 is 37.2. The van der Waals surface area contributed by atoms with Crippen LogP contribution in [-0.4, -0.2) is 44.3 Å². The van der Waals surface area contributed by atoms with Gasteiger partial charge < -0.3 is 24.1 Å². The van der Waals surface area contributed by atoms with E-state index in [-0.39, 0.29) is 19.4 Å². The van der Waals surface area contributed by atoms with Gasteiger partial charge in [0, 0.05) is 30.9 Å². The van der Waals surface area contributed by atoms with E-state index in [9.17, 15) is 9.50 Å². The Bertz CT molecular complexity index is 808. The Hall–Kier alpha value is -2.31. The number of hydrogen-bond donors (Lipinski definition) is 1. The molecule has 0 aliphatic carbocycles. The Morgan fingerprint density at radius 1 is 1.03 bits per heavy atom. The summed E-state index contributed by atoms with van der Waals surface area (Å²) >= 11 is 0. The maximum Gasteiger partial charge on any atom is 0.128 e. The molecule has 3 atom stereocenters. The molecule has 1 N–H and O–H groups in total. The number of rotatable bonds is 9. The Morgan fingerprint density at radius 2 is 1.77 bits per heavy atom. The van der Waals surface area contributed by atoms with E-state index in [1.165, 1.54) is 0 Å². The lowest BCUT2D eigenvalue weighted by Crippen LogP contribution is -2.32. The fourth-order valence-corrected chi connectivity index (χ4v) is 3.85. The summed E-state index contributed by atoms with van der Waals surface area (Å²) in [6.07, 6.45) is -0.906. The first-order valence-electron chi connectivity index (χ1n) is 10.5. The molecule has 2 aromatic carbocycles. The SMILES string of the molecule is CCOc1ccc(Cc2cc([C@H]3C[C@@H](F)C[C@@H](CO)O3)c(OCC)cc2OC)cc1. The van der Waals surface area contributed by atoms with Gasteiger partial charge in [0.15, 0.2) is 0 Å². The molecule has 3 rings (SSSR count). The van der Waals surface area contributed by atoms with E-state index in [4.69, 9.17) is 18.9 Å². The quantitative estimate of drug-likeness (QED) is 0.643. The van der Waals surface area contributed by atoms with Crippen LogP contribution < -0.4 is 14.2 Å². The number of alkyl halides is 1. The van der Waals surface area contributed by atoms with Crippen LogP contribution in [0.5, 0.6) is 17.2 Å². The number of halogens is 1. The van der Waals surface area contributed by atoms with Crippen molar-refractivity contribution in [3.05, 3.63) is 53.1 Å². The topological polar surface area (TPSA) is 57.2 Å². The first-order chi connectivity index (χ1) is 14.6. The molecule has 1 heterocycles. The van der Waals surface area contributed by atoms with Gasteiger partial charge in [0.2, 0.25) is 0 Å². The predicted molar refractivity (Wildman–Crippen MR) is 113 cm³/mol. The largest absolute Gasteiger partial charge is 0.496 e. The molecule has 1 saturated heterocycles. The number of aliphatic hydroxyl groups excluding tert-OH is 1. The minimum absolute atomic E-state index is 0.198. The molecule has 1 aliphatic rings. The second kappa shape index (κ2) is 10.6. The zero-order chi connectivity index (χ0) is 21.5. The summed E-state index contributed by atoms with van der Waals surface area (Å²) in [5, 5.41) is 9.49. The number of ether oxygens (including phenoxy) is 4. The number of methoxy groups -OCH3 is 1. The highest BCUT2D eigenvalue weighted by Crippen LogP contribution is 2.41. The Morgan fingerprint density at radius 3 is 2.40 bits per heavy atom. The molecule has 0 unspecified atom stereocenters. The molecule has 2 aromatic rings. The van der Waals surface area contributed by atoms with E-state index in [0.29, 0.717) is 31.1 Å². The van der Waals surface area contributed by atoms with Gasteiger partial charge in [0.25, 0.3) is 0 Å². The van der Waals surface area contributed by atoms with Crippen LogP contribution in [0.25, 0.3) is 0 Å². The van der Waals surface area contributed by atoms with Crippen molar-refractivity contribution in [3.8, 4) is 17.2 Å². The van der Waals surface area contributed by atoms with Gasteiger partial charge in [-0.3, -0.25) is 0 Å². The normalized spacial score (nSPS) is 21.3. The molecule has 6 heteroatoms. The van der Waals surface area contributed by atoms with Crippen LogP contribution >= 0.6 is 0 Å². The first kappa shape index (κ1) is 22.4. The van der Waals surface area contributed by atoms with E-state index < -0.39 is 18.4 Å². The van der Waals surface area contributed by atoms with E-state index in [2.05, 4.69) is 0 Å². The zero-order valence-electron chi connectivity index (χ0n) is 17.9. The molecule has 1 aliphatic heterocycles. The van der Waals surface area contributed by atoms with Crippen molar-refractivity contribution >= 4 is 0 Å². The molecule has 0 aromatic heterocycles. The molecule has 0 spiro atoms. The lowest BCUT2D eigenvalue weighted by Gasteiger charge is -2.32. The van der Waals surface area contributed by atoms with Crippen LogP contribution in [0.2, 0.25) is 0 Å². The molecule has 0 radical (unpaired) electrons. The van der Waals surface area contributed by atoms with Crippen LogP contribution in [-0.2, 0) is 11.2 Å². The smallest absolute Gasteiger partial charge is 0.128 e. The molecule has 30 heavy (non-hydrogen) atoms. The summed E-state index contributed by atoms with van der Waals surface area (Å²) in [6, 6.07) is 11.8. The summed E-state index contributed by atoms with van der Waals surface area (Å²) in [4.78, 5) is 0. The van der Waals surface area contributed by atoms with Crippen LogP contribution in [0, 0.1) is 0 Å². The van der Waals surface area contributed by atoms with Gasteiger partial charge in [0.05, 0.1) is 39.1 Å². The Labute approximate surface area is 177 Å². The summed E-state index contributed by atoms with van der Waals surface area (Å²) in [5.41, 5.74) is 2.86. The maximum atomic E-state index is 14.3. The highest BCUT2D eigenvalue weighted by Gasteiger charge is 2.32. The minimum Gasteiger partial charge on any atom is -0.496 e. The second-order valence-corrected chi connectivity index (χ2v) is 7.39. The number of hydrogen-bond acceptors (Lipinski definition) is 5. The van der Waals surface area contributed by atoms with Gasteiger partial charge in [-0.05, 0) is 43.2 Å². The molecule has 0 bridgehead atoms. The van der Waals surface area contributed by atoms with Crippen LogP contribution in [0.15, 0.2) is 36.4 Å². The van der Waals surface area contributed by atoms with Crippen molar-refractivity contribution in [3.63, 3.8) is 0 Å². The van der Waals surface area contributed by atoms with Crippen LogP contribution in [0.3, 0.4) is 0 Å². The Kier molecular flexibility index (Phi) is 7.94. The zero-order valence-corrected chi connectivity index (χ0v) is 17.9. The van der Waals surface area contributed by atoms with Crippen molar-refractivity contribution < 1.29 is 28.4 Å². The fraction of sp³-hybridized carbons (Fsp3) is 0.500. The van der Waals surface area contributed by atoms with Crippen molar-refractivity contribution in [2.45, 2.75) is 51.5 Å². The standard InChI is InChI=1S/C24H31FO5/c1-4-28-19-8-6-16(7-9-19)10-17-11-21(23(29-5-2)14-22(17)27-3)24-13-18(25)12-20(15-26)30-24/h6-9,11,14,18,20,24,26H,4-5,10,12-13,15H2,1-3H3/t18-,20-,24+/m0/s1. The van der Waals surface area contributed by atoms with Gasteiger partial charge in [-0.2, -0.15) is 0 Å². The summed E-state index contributed by atoms with van der Waals surface area (Å²) in [7, 11) is 1.63.